The van der Waals surface area contributed by atoms with Crippen molar-refractivity contribution in [3.63, 3.8) is 0 Å². The Labute approximate surface area is 106 Å². The first kappa shape index (κ1) is 14.5. The lowest BCUT2D eigenvalue weighted by molar-refractivity contribution is -0.134. The van der Waals surface area contributed by atoms with E-state index in [4.69, 9.17) is 0 Å². The summed E-state index contributed by atoms with van der Waals surface area (Å²) in [6.45, 7) is 10.4. The van der Waals surface area contributed by atoms with Gasteiger partial charge < -0.3 is 10.2 Å². The summed E-state index contributed by atoms with van der Waals surface area (Å²) >= 11 is 0. The topological polar surface area (TPSA) is 32.3 Å². The number of nitrogens with one attached hydrogen (secondary N) is 1. The highest BCUT2D eigenvalue weighted by Gasteiger charge is 2.26. The lowest BCUT2D eigenvalue weighted by atomic mass is 9.97. The largest absolute Gasteiger partial charge is 0.341 e. The van der Waals surface area contributed by atoms with Gasteiger partial charge in [-0.2, -0.15) is 0 Å². The molecule has 0 aromatic carbocycles. The molecule has 1 N–H and O–H groups in total. The standard InChI is InChI=1S/C14H28N2O/c1-5-9-14(3,4)15-12(2)13(17)16-10-7-6-8-11-16/h12,15H,5-11H2,1-4H3. The van der Waals surface area contributed by atoms with E-state index in [1.165, 1.54) is 6.42 Å². The van der Waals surface area contributed by atoms with Crippen molar-refractivity contribution < 1.29 is 4.79 Å². The maximum atomic E-state index is 12.2. The van der Waals surface area contributed by atoms with E-state index < -0.39 is 0 Å². The molecule has 1 heterocycles. The summed E-state index contributed by atoms with van der Waals surface area (Å²) in [6.07, 6.45) is 5.84. The number of hydrogen-bond donors (Lipinski definition) is 1. The summed E-state index contributed by atoms with van der Waals surface area (Å²) in [5.74, 6) is 0.272. The predicted molar refractivity (Wildman–Crippen MR) is 72.0 cm³/mol. The van der Waals surface area contributed by atoms with E-state index in [0.717, 1.165) is 38.8 Å². The Balaban J connectivity index is 2.45. The van der Waals surface area contributed by atoms with Crippen LogP contribution in [0.5, 0.6) is 0 Å². The average Bonchev–Trinajstić information content (AvgIpc) is 2.28. The summed E-state index contributed by atoms with van der Waals surface area (Å²) < 4.78 is 0. The summed E-state index contributed by atoms with van der Waals surface area (Å²) in [4.78, 5) is 14.3. The van der Waals surface area contributed by atoms with Crippen LogP contribution in [0.2, 0.25) is 0 Å². The van der Waals surface area contributed by atoms with Crippen LogP contribution < -0.4 is 5.32 Å². The molecule has 3 nitrogen and oxygen atoms in total. The number of hydrogen-bond acceptors (Lipinski definition) is 2. The zero-order valence-corrected chi connectivity index (χ0v) is 11.9. The zero-order chi connectivity index (χ0) is 12.9. The molecule has 1 rings (SSSR count). The van der Waals surface area contributed by atoms with Crippen LogP contribution in [-0.2, 0) is 4.79 Å². The molecule has 0 bridgehead atoms. The Morgan fingerprint density at radius 3 is 2.41 bits per heavy atom. The minimum absolute atomic E-state index is 0.0552. The number of carbonyl (C=O) groups is 1. The Morgan fingerprint density at radius 1 is 1.29 bits per heavy atom. The van der Waals surface area contributed by atoms with E-state index in [9.17, 15) is 4.79 Å². The number of amides is 1. The Hall–Kier alpha value is -0.570. The SMILES string of the molecule is CCCC(C)(C)NC(C)C(=O)N1CCCCC1. The number of piperidine rings is 1. The van der Waals surface area contributed by atoms with Crippen LogP contribution in [0.25, 0.3) is 0 Å². The molecular weight excluding hydrogens is 212 g/mol. The molecule has 1 amide bonds. The third-order valence-corrected chi connectivity index (χ3v) is 3.52. The summed E-state index contributed by atoms with van der Waals surface area (Å²) in [5.41, 5.74) is 0.0552. The molecule has 1 saturated heterocycles. The zero-order valence-electron chi connectivity index (χ0n) is 11.9. The van der Waals surface area contributed by atoms with Crippen LogP contribution in [0.1, 0.15) is 59.8 Å². The number of carbonyl (C=O) groups excluding carboxylic acids is 1. The van der Waals surface area contributed by atoms with Gasteiger partial charge >= 0.3 is 0 Å². The normalized spacial score (nSPS) is 19.2. The van der Waals surface area contributed by atoms with Gasteiger partial charge in [0.05, 0.1) is 6.04 Å². The summed E-state index contributed by atoms with van der Waals surface area (Å²) in [6, 6.07) is -0.0605. The van der Waals surface area contributed by atoms with E-state index in [1.807, 2.05) is 11.8 Å². The highest BCUT2D eigenvalue weighted by atomic mass is 16.2. The fourth-order valence-corrected chi connectivity index (χ4v) is 2.73. The van der Waals surface area contributed by atoms with Crippen molar-refractivity contribution in [2.75, 3.05) is 13.1 Å². The van der Waals surface area contributed by atoms with Gasteiger partial charge in [-0.3, -0.25) is 4.79 Å². The molecule has 17 heavy (non-hydrogen) atoms. The van der Waals surface area contributed by atoms with Crippen LogP contribution in [0, 0.1) is 0 Å². The van der Waals surface area contributed by atoms with Crippen molar-refractivity contribution in [1.29, 1.82) is 0 Å². The minimum atomic E-state index is -0.0605. The first-order chi connectivity index (χ1) is 7.96. The molecular formula is C14H28N2O. The van der Waals surface area contributed by atoms with Crippen molar-refractivity contribution in [3.05, 3.63) is 0 Å². The van der Waals surface area contributed by atoms with E-state index in [0.29, 0.717) is 0 Å². The van der Waals surface area contributed by atoms with Gasteiger partial charge in [0.15, 0.2) is 0 Å². The molecule has 0 aromatic rings. The number of likely N-dealkylation sites (tertiary alicyclic amines) is 1. The maximum Gasteiger partial charge on any atom is 0.239 e. The monoisotopic (exact) mass is 240 g/mol. The van der Waals surface area contributed by atoms with Crippen LogP contribution in [-0.4, -0.2) is 35.5 Å². The maximum absolute atomic E-state index is 12.2. The molecule has 1 aliphatic heterocycles. The van der Waals surface area contributed by atoms with E-state index in [-0.39, 0.29) is 17.5 Å². The van der Waals surface area contributed by atoms with E-state index >= 15 is 0 Å². The fraction of sp³-hybridized carbons (Fsp3) is 0.929. The van der Waals surface area contributed by atoms with Crippen LogP contribution in [0.3, 0.4) is 0 Å². The number of nitrogens with zero attached hydrogens (tertiary/aromatic N) is 1. The third kappa shape index (κ3) is 4.66. The first-order valence-corrected chi connectivity index (χ1v) is 7.03. The van der Waals surface area contributed by atoms with Gasteiger partial charge in [-0.05, 0) is 46.5 Å². The van der Waals surface area contributed by atoms with Gasteiger partial charge in [0.2, 0.25) is 5.91 Å². The summed E-state index contributed by atoms with van der Waals surface area (Å²) in [7, 11) is 0. The Morgan fingerprint density at radius 2 is 1.88 bits per heavy atom. The van der Waals surface area contributed by atoms with Gasteiger partial charge in [-0.1, -0.05) is 13.3 Å². The smallest absolute Gasteiger partial charge is 0.239 e. The van der Waals surface area contributed by atoms with Gasteiger partial charge in [0, 0.05) is 18.6 Å². The van der Waals surface area contributed by atoms with Crippen molar-refractivity contribution in [3.8, 4) is 0 Å². The van der Waals surface area contributed by atoms with Crippen molar-refractivity contribution in [2.24, 2.45) is 0 Å². The van der Waals surface area contributed by atoms with E-state index in [2.05, 4.69) is 26.1 Å². The van der Waals surface area contributed by atoms with Crippen molar-refractivity contribution in [1.82, 2.24) is 10.2 Å². The van der Waals surface area contributed by atoms with Gasteiger partial charge in [-0.25, -0.2) is 0 Å². The molecule has 100 valence electrons. The summed E-state index contributed by atoms with van der Waals surface area (Å²) in [5, 5.41) is 3.46. The molecule has 1 atom stereocenters. The average molecular weight is 240 g/mol. The van der Waals surface area contributed by atoms with Gasteiger partial charge in [-0.15, -0.1) is 0 Å². The Kier molecular flexibility index (Phi) is 5.44. The molecule has 3 heteroatoms. The minimum Gasteiger partial charge on any atom is -0.341 e. The third-order valence-electron chi connectivity index (χ3n) is 3.52. The predicted octanol–water partition coefficient (Wildman–Crippen LogP) is 2.56. The second kappa shape index (κ2) is 6.39. The molecule has 0 aromatic heterocycles. The Bertz CT molecular complexity index is 245. The lowest BCUT2D eigenvalue weighted by Gasteiger charge is -2.34. The molecule has 0 saturated carbocycles. The van der Waals surface area contributed by atoms with Crippen LogP contribution in [0.4, 0.5) is 0 Å². The molecule has 0 aliphatic carbocycles. The lowest BCUT2D eigenvalue weighted by Crippen LogP contribution is -2.53. The second-order valence-electron chi connectivity index (χ2n) is 5.89. The molecule has 1 aliphatic rings. The first-order valence-electron chi connectivity index (χ1n) is 7.03. The quantitative estimate of drug-likeness (QED) is 0.801. The van der Waals surface area contributed by atoms with Gasteiger partial charge in [0.1, 0.15) is 0 Å². The van der Waals surface area contributed by atoms with E-state index in [1.54, 1.807) is 0 Å². The van der Waals surface area contributed by atoms with Crippen LogP contribution in [0.15, 0.2) is 0 Å². The number of rotatable bonds is 5. The van der Waals surface area contributed by atoms with Gasteiger partial charge in [0.25, 0.3) is 0 Å². The molecule has 1 unspecified atom stereocenters. The fourth-order valence-electron chi connectivity index (χ4n) is 2.73. The molecule has 0 spiro atoms. The van der Waals surface area contributed by atoms with Crippen molar-refractivity contribution >= 4 is 5.91 Å². The van der Waals surface area contributed by atoms with Crippen LogP contribution >= 0.6 is 0 Å². The highest BCUT2D eigenvalue weighted by molar-refractivity contribution is 5.81. The van der Waals surface area contributed by atoms with Crippen molar-refractivity contribution in [2.45, 2.75) is 71.4 Å². The second-order valence-corrected chi connectivity index (χ2v) is 5.89. The molecule has 0 radical (unpaired) electrons. The molecule has 1 fully saturated rings. The highest BCUT2D eigenvalue weighted by Crippen LogP contribution is 2.14.